The number of likely N-dealkylation sites (N-methyl/N-ethyl adjacent to an activating group) is 1. The molecule has 0 N–H and O–H groups in total. The third-order valence-electron chi connectivity index (χ3n) is 5.24. The molecule has 26 heavy (non-hydrogen) atoms. The predicted octanol–water partition coefficient (Wildman–Crippen LogP) is 3.72. The molecule has 1 amide bonds. The molecule has 2 heterocycles. The van der Waals surface area contributed by atoms with Crippen LogP contribution in [-0.4, -0.2) is 40.1 Å². The van der Waals surface area contributed by atoms with E-state index in [1.54, 1.807) is 4.90 Å². The average Bonchev–Trinajstić information content (AvgIpc) is 3.36. The molecule has 5 nitrogen and oxygen atoms in total. The fourth-order valence-electron chi connectivity index (χ4n) is 3.49. The van der Waals surface area contributed by atoms with Crippen LogP contribution >= 0.6 is 0 Å². The van der Waals surface area contributed by atoms with Gasteiger partial charge in [-0.2, -0.15) is 0 Å². The summed E-state index contributed by atoms with van der Waals surface area (Å²) in [4.78, 5) is 18.8. The van der Waals surface area contributed by atoms with Gasteiger partial charge in [0.2, 0.25) is 0 Å². The Balaban J connectivity index is 1.54. The number of para-hydroxylation sites is 2. The molecule has 0 saturated carbocycles. The summed E-state index contributed by atoms with van der Waals surface area (Å²) >= 11 is 0. The van der Waals surface area contributed by atoms with Crippen molar-refractivity contribution >= 4 is 16.9 Å². The summed E-state index contributed by atoms with van der Waals surface area (Å²) in [6.07, 6.45) is 3.35. The Kier molecular flexibility index (Phi) is 4.47. The highest BCUT2D eigenvalue weighted by atomic mass is 16.5. The zero-order chi connectivity index (χ0) is 18.1. The smallest absolute Gasteiger partial charge is 0.251 e. The molecule has 1 aliphatic heterocycles. The number of carbonyl (C=O) groups excluding carboxylic acids is 1. The zero-order valence-corrected chi connectivity index (χ0v) is 15.1. The van der Waals surface area contributed by atoms with Crippen molar-refractivity contribution in [3.63, 3.8) is 0 Å². The second-order valence-corrected chi connectivity index (χ2v) is 6.82. The van der Waals surface area contributed by atoms with Crippen LogP contribution in [0, 0.1) is 0 Å². The second kappa shape index (κ2) is 6.92. The van der Waals surface area contributed by atoms with Gasteiger partial charge < -0.3 is 9.64 Å². The molecule has 0 bridgehead atoms. The Morgan fingerprint density at radius 2 is 2.00 bits per heavy atom. The first-order chi connectivity index (χ1) is 12.6. The van der Waals surface area contributed by atoms with Crippen LogP contribution in [-0.2, 0) is 9.53 Å². The lowest BCUT2D eigenvalue weighted by Crippen LogP contribution is -2.37. The summed E-state index contributed by atoms with van der Waals surface area (Å²) in [7, 11) is 1.85. The van der Waals surface area contributed by atoms with Gasteiger partial charge in [-0.05, 0) is 49.6 Å². The van der Waals surface area contributed by atoms with E-state index < -0.39 is 0 Å². The Morgan fingerprint density at radius 3 is 2.73 bits per heavy atom. The van der Waals surface area contributed by atoms with E-state index in [1.165, 1.54) is 0 Å². The van der Waals surface area contributed by atoms with Gasteiger partial charge in [0.05, 0.1) is 17.1 Å². The van der Waals surface area contributed by atoms with Crippen LogP contribution < -0.4 is 0 Å². The highest BCUT2D eigenvalue weighted by Gasteiger charge is 2.29. The summed E-state index contributed by atoms with van der Waals surface area (Å²) in [5.74, 6) is 0.0691. The third-order valence-corrected chi connectivity index (χ3v) is 5.24. The molecule has 0 radical (unpaired) electrons. The molecule has 3 aromatic rings. The molecule has 1 aliphatic rings. The van der Waals surface area contributed by atoms with Crippen molar-refractivity contribution in [2.45, 2.75) is 31.9 Å². The molecule has 1 fully saturated rings. The van der Waals surface area contributed by atoms with E-state index in [4.69, 9.17) is 4.74 Å². The number of aromatic nitrogens is 2. The number of ether oxygens (including phenoxy) is 1. The maximum atomic E-state index is 12.5. The number of fused-ring (bicyclic) bond motifs is 1. The first-order valence-electron chi connectivity index (χ1n) is 9.06. The maximum Gasteiger partial charge on any atom is 0.251 e. The highest BCUT2D eigenvalue weighted by Crippen LogP contribution is 2.25. The van der Waals surface area contributed by atoms with Gasteiger partial charge in [-0.25, -0.2) is 4.98 Å². The number of amides is 1. The Labute approximate surface area is 153 Å². The van der Waals surface area contributed by atoms with E-state index in [1.807, 2.05) is 31.6 Å². The minimum Gasteiger partial charge on any atom is -0.368 e. The van der Waals surface area contributed by atoms with Crippen LogP contribution in [0.2, 0.25) is 0 Å². The van der Waals surface area contributed by atoms with E-state index in [-0.39, 0.29) is 18.1 Å². The van der Waals surface area contributed by atoms with Crippen LogP contribution in [0.5, 0.6) is 0 Å². The van der Waals surface area contributed by atoms with Gasteiger partial charge >= 0.3 is 0 Å². The van der Waals surface area contributed by atoms with E-state index in [9.17, 15) is 4.79 Å². The van der Waals surface area contributed by atoms with Crippen LogP contribution in [0.3, 0.4) is 0 Å². The maximum absolute atomic E-state index is 12.5. The summed E-state index contributed by atoms with van der Waals surface area (Å²) in [5.41, 5.74) is 4.22. The van der Waals surface area contributed by atoms with Crippen LogP contribution in [0.1, 0.15) is 31.4 Å². The molecule has 134 valence electrons. The lowest BCUT2D eigenvalue weighted by molar-refractivity contribution is -0.141. The summed E-state index contributed by atoms with van der Waals surface area (Å²) in [6, 6.07) is 16.4. The molecule has 2 aromatic carbocycles. The number of imidazole rings is 1. The SMILES string of the molecule is C[C@@H](c1ccc(-n2cnc3ccccc32)cc1)N(C)C(=O)[C@@H]1CCCO1. The van der Waals surface area contributed by atoms with Crippen LogP contribution in [0.15, 0.2) is 54.9 Å². The molecule has 1 saturated heterocycles. The number of nitrogens with zero attached hydrogens (tertiary/aromatic N) is 3. The first-order valence-corrected chi connectivity index (χ1v) is 9.06. The zero-order valence-electron chi connectivity index (χ0n) is 15.1. The molecule has 2 atom stereocenters. The Morgan fingerprint density at radius 1 is 1.23 bits per heavy atom. The Hall–Kier alpha value is -2.66. The normalized spacial score (nSPS) is 18.2. The fraction of sp³-hybridized carbons (Fsp3) is 0.333. The fourth-order valence-corrected chi connectivity index (χ4v) is 3.49. The monoisotopic (exact) mass is 349 g/mol. The standard InChI is InChI=1S/C21H23N3O2/c1-15(23(2)21(25)20-8-5-13-26-20)16-9-11-17(12-10-16)24-14-22-18-6-3-4-7-19(18)24/h3-4,6-7,9-12,14-15,20H,5,8,13H2,1-2H3/t15-,20-/m0/s1. The summed E-state index contributed by atoms with van der Waals surface area (Å²) in [6.45, 7) is 2.74. The molecular formula is C21H23N3O2. The van der Waals surface area contributed by atoms with Crippen molar-refractivity contribution in [1.82, 2.24) is 14.5 Å². The topological polar surface area (TPSA) is 47.4 Å². The molecule has 1 aromatic heterocycles. The number of rotatable bonds is 4. The first kappa shape index (κ1) is 16.8. The van der Waals surface area contributed by atoms with Crippen LogP contribution in [0.4, 0.5) is 0 Å². The highest BCUT2D eigenvalue weighted by molar-refractivity contribution is 5.81. The quantitative estimate of drug-likeness (QED) is 0.721. The molecule has 5 heteroatoms. The number of carbonyl (C=O) groups is 1. The molecule has 0 aliphatic carbocycles. The number of hydrogen-bond donors (Lipinski definition) is 0. The van der Waals surface area contributed by atoms with Crippen molar-refractivity contribution in [3.8, 4) is 5.69 Å². The lowest BCUT2D eigenvalue weighted by atomic mass is 10.1. The third kappa shape index (κ3) is 2.99. The lowest BCUT2D eigenvalue weighted by Gasteiger charge is -2.27. The minimum absolute atomic E-state index is 0.000261. The number of hydrogen-bond acceptors (Lipinski definition) is 3. The second-order valence-electron chi connectivity index (χ2n) is 6.82. The van der Waals surface area contributed by atoms with Gasteiger partial charge in [-0.3, -0.25) is 9.36 Å². The van der Waals surface area contributed by atoms with E-state index in [0.29, 0.717) is 6.61 Å². The van der Waals surface area contributed by atoms with Crippen molar-refractivity contribution < 1.29 is 9.53 Å². The van der Waals surface area contributed by atoms with Crippen molar-refractivity contribution in [2.24, 2.45) is 0 Å². The molecular weight excluding hydrogens is 326 g/mol. The van der Waals surface area contributed by atoms with Gasteiger partial charge in [0.15, 0.2) is 0 Å². The van der Waals surface area contributed by atoms with Crippen molar-refractivity contribution in [3.05, 3.63) is 60.4 Å². The van der Waals surface area contributed by atoms with Gasteiger partial charge in [-0.15, -0.1) is 0 Å². The number of benzene rings is 2. The van der Waals surface area contributed by atoms with Gasteiger partial charge in [-0.1, -0.05) is 24.3 Å². The van der Waals surface area contributed by atoms with E-state index in [2.05, 4.69) is 46.8 Å². The summed E-state index contributed by atoms with van der Waals surface area (Å²) in [5, 5.41) is 0. The average molecular weight is 349 g/mol. The summed E-state index contributed by atoms with van der Waals surface area (Å²) < 4.78 is 7.60. The van der Waals surface area contributed by atoms with Crippen LogP contribution in [0.25, 0.3) is 16.7 Å². The largest absolute Gasteiger partial charge is 0.368 e. The van der Waals surface area contributed by atoms with Crippen molar-refractivity contribution in [1.29, 1.82) is 0 Å². The Bertz CT molecular complexity index is 910. The minimum atomic E-state index is -0.279. The molecule has 0 spiro atoms. The van der Waals surface area contributed by atoms with E-state index in [0.717, 1.165) is 35.1 Å². The van der Waals surface area contributed by atoms with E-state index >= 15 is 0 Å². The van der Waals surface area contributed by atoms with Gasteiger partial charge in [0, 0.05) is 19.3 Å². The van der Waals surface area contributed by atoms with Crippen molar-refractivity contribution in [2.75, 3.05) is 13.7 Å². The molecule has 4 rings (SSSR count). The van der Waals surface area contributed by atoms with Gasteiger partial charge in [0.25, 0.3) is 5.91 Å². The molecule has 0 unspecified atom stereocenters. The van der Waals surface area contributed by atoms with Gasteiger partial charge in [0.1, 0.15) is 12.4 Å². The predicted molar refractivity (Wildman–Crippen MR) is 101 cm³/mol.